The molecule has 1 aromatic carbocycles. The van der Waals surface area contributed by atoms with Crippen molar-refractivity contribution < 1.29 is 14.1 Å². The molecule has 7 heteroatoms. The number of amides is 2. The van der Waals surface area contributed by atoms with Gasteiger partial charge in [-0.25, -0.2) is 0 Å². The maximum absolute atomic E-state index is 12.0. The highest BCUT2D eigenvalue weighted by molar-refractivity contribution is 6.31. The molecule has 2 aromatic rings. The van der Waals surface area contributed by atoms with E-state index >= 15 is 0 Å². The van der Waals surface area contributed by atoms with Gasteiger partial charge in [0.2, 0.25) is 12.3 Å². The van der Waals surface area contributed by atoms with Gasteiger partial charge in [-0.3, -0.25) is 9.59 Å². The first kappa shape index (κ1) is 24.7. The Hall–Kier alpha value is -2.34. The summed E-state index contributed by atoms with van der Waals surface area (Å²) >= 11 is 5.95. The van der Waals surface area contributed by atoms with E-state index in [1.54, 1.807) is 4.90 Å². The zero-order valence-corrected chi connectivity index (χ0v) is 18.8. The third-order valence-corrected chi connectivity index (χ3v) is 4.87. The molecule has 0 aliphatic carbocycles. The molecule has 2 amide bonds. The van der Waals surface area contributed by atoms with Gasteiger partial charge in [-0.2, -0.15) is 0 Å². The summed E-state index contributed by atoms with van der Waals surface area (Å²) < 4.78 is 4.86. The number of aromatic nitrogens is 1. The van der Waals surface area contributed by atoms with E-state index < -0.39 is 0 Å². The molecule has 1 aliphatic heterocycles. The molecule has 160 valence electrons. The number of aryl methyl sites for hydroxylation is 3. The summed E-state index contributed by atoms with van der Waals surface area (Å²) in [6, 6.07) is 7.30. The Morgan fingerprint density at radius 2 is 2.07 bits per heavy atom. The predicted octanol–water partition coefficient (Wildman–Crippen LogP) is 4.46. The Morgan fingerprint density at radius 1 is 1.34 bits per heavy atom. The molecule has 0 spiro atoms. The molecule has 0 saturated carbocycles. The normalized spacial score (nSPS) is 15.0. The standard InChI is InChI=1S/C14H17ClN2O2.C6H9NO.C2H6/c1-10-7-11(4-5-12(10)15)8-16-14(19)13-3-2-6-17(13)9-18;1-3-6-4-5(2)7-8-6;1-2/h4-5,7,9,13H,2-3,6,8H2,1H3,(H,16,19);4H,3H2,1-2H3;1-2H3/t13-;;/m0../s1. The third-order valence-electron chi connectivity index (χ3n) is 4.45. The largest absolute Gasteiger partial charge is 0.361 e. The summed E-state index contributed by atoms with van der Waals surface area (Å²) in [5.41, 5.74) is 2.96. The van der Waals surface area contributed by atoms with Crippen LogP contribution in [0.15, 0.2) is 28.8 Å². The lowest BCUT2D eigenvalue weighted by atomic mass is 10.1. The van der Waals surface area contributed by atoms with E-state index in [1.807, 2.05) is 58.9 Å². The average molecular weight is 422 g/mol. The maximum atomic E-state index is 12.0. The highest BCUT2D eigenvalue weighted by atomic mass is 35.5. The van der Waals surface area contributed by atoms with E-state index in [-0.39, 0.29) is 11.9 Å². The number of hydrogen-bond acceptors (Lipinski definition) is 4. The van der Waals surface area contributed by atoms with Crippen molar-refractivity contribution in [1.29, 1.82) is 0 Å². The molecule has 1 fully saturated rings. The first-order valence-corrected chi connectivity index (χ1v) is 10.5. The van der Waals surface area contributed by atoms with Crippen LogP contribution < -0.4 is 5.32 Å². The van der Waals surface area contributed by atoms with Crippen molar-refractivity contribution in [3.05, 3.63) is 51.9 Å². The van der Waals surface area contributed by atoms with Crippen molar-refractivity contribution in [2.24, 2.45) is 0 Å². The zero-order chi connectivity index (χ0) is 21.8. The first-order valence-electron chi connectivity index (χ1n) is 10.1. The van der Waals surface area contributed by atoms with Gasteiger partial charge in [-0.05, 0) is 43.9 Å². The van der Waals surface area contributed by atoms with Gasteiger partial charge in [0.25, 0.3) is 0 Å². The van der Waals surface area contributed by atoms with Crippen LogP contribution in [0.2, 0.25) is 5.02 Å². The highest BCUT2D eigenvalue weighted by Gasteiger charge is 2.29. The van der Waals surface area contributed by atoms with Crippen molar-refractivity contribution in [2.45, 2.75) is 66.5 Å². The minimum atomic E-state index is -0.314. The van der Waals surface area contributed by atoms with Crippen LogP contribution in [0.5, 0.6) is 0 Å². The number of rotatable bonds is 5. The molecule has 3 rings (SSSR count). The lowest BCUT2D eigenvalue weighted by molar-refractivity contribution is -0.131. The van der Waals surface area contributed by atoms with Crippen LogP contribution in [0.25, 0.3) is 0 Å². The molecule has 1 saturated heterocycles. The minimum Gasteiger partial charge on any atom is -0.361 e. The number of carbonyl (C=O) groups excluding carboxylic acids is 2. The van der Waals surface area contributed by atoms with Crippen LogP contribution in [-0.2, 0) is 22.6 Å². The summed E-state index contributed by atoms with van der Waals surface area (Å²) in [7, 11) is 0. The topological polar surface area (TPSA) is 75.4 Å². The number of nitrogens with one attached hydrogen (secondary N) is 1. The van der Waals surface area contributed by atoms with Gasteiger partial charge < -0.3 is 14.7 Å². The number of likely N-dealkylation sites (tertiary alicyclic amines) is 1. The molecular formula is C22H32ClN3O3. The molecule has 2 heterocycles. The highest BCUT2D eigenvalue weighted by Crippen LogP contribution is 2.17. The Balaban J connectivity index is 0.000000351. The second kappa shape index (κ2) is 13.0. The van der Waals surface area contributed by atoms with Gasteiger partial charge in [0.05, 0.1) is 5.69 Å². The Labute approximate surface area is 178 Å². The SMILES string of the molecule is CC.CCc1cc(C)no1.Cc1cc(CNC(=O)[C@@H]2CCCN2C=O)ccc1Cl. The van der Waals surface area contributed by atoms with Crippen LogP contribution in [0.3, 0.4) is 0 Å². The fraction of sp³-hybridized carbons (Fsp3) is 0.500. The average Bonchev–Trinajstić information content (AvgIpc) is 3.39. The third kappa shape index (κ3) is 7.89. The van der Waals surface area contributed by atoms with Gasteiger partial charge in [-0.1, -0.05) is 49.7 Å². The smallest absolute Gasteiger partial charge is 0.243 e. The first-order chi connectivity index (χ1) is 13.9. The Morgan fingerprint density at radius 3 is 2.59 bits per heavy atom. The molecule has 1 aromatic heterocycles. The van der Waals surface area contributed by atoms with Crippen molar-refractivity contribution >= 4 is 23.9 Å². The lowest BCUT2D eigenvalue weighted by Crippen LogP contribution is -2.42. The molecule has 6 nitrogen and oxygen atoms in total. The van der Waals surface area contributed by atoms with E-state index in [4.69, 9.17) is 16.1 Å². The quantitative estimate of drug-likeness (QED) is 0.723. The molecule has 0 radical (unpaired) electrons. The molecular weight excluding hydrogens is 390 g/mol. The summed E-state index contributed by atoms with van der Waals surface area (Å²) in [5.74, 6) is 0.875. The van der Waals surface area contributed by atoms with Crippen LogP contribution in [0.1, 0.15) is 56.2 Å². The van der Waals surface area contributed by atoms with E-state index in [2.05, 4.69) is 10.5 Å². The monoisotopic (exact) mass is 421 g/mol. The summed E-state index contributed by atoms with van der Waals surface area (Å²) in [5, 5.41) is 7.30. The Kier molecular flexibility index (Phi) is 11.1. The molecule has 29 heavy (non-hydrogen) atoms. The van der Waals surface area contributed by atoms with Crippen molar-refractivity contribution in [3.8, 4) is 0 Å². The van der Waals surface area contributed by atoms with Crippen LogP contribution in [0, 0.1) is 13.8 Å². The second-order valence-corrected chi connectivity index (χ2v) is 7.00. The second-order valence-electron chi connectivity index (χ2n) is 6.59. The van der Waals surface area contributed by atoms with Crippen molar-refractivity contribution in [2.75, 3.05) is 6.54 Å². The van der Waals surface area contributed by atoms with Gasteiger partial charge in [-0.15, -0.1) is 0 Å². The number of hydrogen-bond donors (Lipinski definition) is 1. The fourth-order valence-corrected chi connectivity index (χ4v) is 3.02. The van der Waals surface area contributed by atoms with Gasteiger partial charge in [0, 0.05) is 30.6 Å². The number of carbonyl (C=O) groups is 2. The number of nitrogens with zero attached hydrogens (tertiary/aromatic N) is 2. The van der Waals surface area contributed by atoms with Crippen LogP contribution in [-0.4, -0.2) is 35.0 Å². The van der Waals surface area contributed by atoms with Crippen LogP contribution >= 0.6 is 11.6 Å². The lowest BCUT2D eigenvalue weighted by Gasteiger charge is -2.19. The Bertz CT molecular complexity index is 776. The molecule has 1 aliphatic rings. The minimum absolute atomic E-state index is 0.0859. The predicted molar refractivity (Wildman–Crippen MR) is 116 cm³/mol. The van der Waals surface area contributed by atoms with Gasteiger partial charge >= 0.3 is 0 Å². The fourth-order valence-electron chi connectivity index (χ4n) is 2.90. The molecule has 1 atom stereocenters. The van der Waals surface area contributed by atoms with E-state index in [0.29, 0.717) is 13.1 Å². The molecule has 0 unspecified atom stereocenters. The zero-order valence-electron chi connectivity index (χ0n) is 18.0. The van der Waals surface area contributed by atoms with E-state index in [0.717, 1.165) is 53.3 Å². The number of benzene rings is 1. The summed E-state index contributed by atoms with van der Waals surface area (Å²) in [6.07, 6.45) is 3.31. The van der Waals surface area contributed by atoms with Crippen molar-refractivity contribution in [1.82, 2.24) is 15.4 Å². The van der Waals surface area contributed by atoms with Gasteiger partial charge in [0.1, 0.15) is 11.8 Å². The molecule has 0 bridgehead atoms. The van der Waals surface area contributed by atoms with Crippen LogP contribution in [0.4, 0.5) is 0 Å². The number of halogens is 1. The van der Waals surface area contributed by atoms with E-state index in [9.17, 15) is 9.59 Å². The molecule has 1 N–H and O–H groups in total. The van der Waals surface area contributed by atoms with Crippen molar-refractivity contribution in [3.63, 3.8) is 0 Å². The summed E-state index contributed by atoms with van der Waals surface area (Å²) in [6.45, 7) is 11.0. The maximum Gasteiger partial charge on any atom is 0.243 e. The van der Waals surface area contributed by atoms with E-state index in [1.165, 1.54) is 0 Å². The van der Waals surface area contributed by atoms with Gasteiger partial charge in [0.15, 0.2) is 0 Å². The summed E-state index contributed by atoms with van der Waals surface area (Å²) in [4.78, 5) is 24.4.